The smallest absolute Gasteiger partial charge is 0.321 e. The van der Waals surface area contributed by atoms with Crippen molar-refractivity contribution < 1.29 is 27.9 Å². The van der Waals surface area contributed by atoms with Crippen molar-refractivity contribution in [3.05, 3.63) is 95.3 Å². The minimum absolute atomic E-state index is 0.0401. The molecule has 0 aliphatic carbocycles. The maximum absolute atomic E-state index is 14.4. The standard InChI is InChI=1S/C41H54N6O6S2/c1-7-29(5)38(47-21-20-45(41(47)50)25-33-27-54-40(43-33)31-18-19-42-32(8-2)23-31)39(49)44-36(22-30-12-10-9-11-13-30)37(48)26-46(24-28(3)4)55(51,52)35-16-14-34(53-6)15-17-35/h9-19,23,27-29,36-38,48H,7-8,20-22,24-26H2,1-6H3,(H,44,49)/t29-,36-,37-,38-/m0/s1. The van der Waals surface area contributed by atoms with Crippen LogP contribution in [0.1, 0.15) is 58.0 Å². The second kappa shape index (κ2) is 19.0. The summed E-state index contributed by atoms with van der Waals surface area (Å²) in [6.07, 6.45) is 2.23. The number of aryl methyl sites for hydroxylation is 1. The first-order chi connectivity index (χ1) is 26.3. The summed E-state index contributed by atoms with van der Waals surface area (Å²) in [5.41, 5.74) is 3.61. The van der Waals surface area contributed by atoms with Crippen LogP contribution in [0.3, 0.4) is 0 Å². The van der Waals surface area contributed by atoms with E-state index in [-0.39, 0.29) is 42.3 Å². The minimum Gasteiger partial charge on any atom is -0.497 e. The van der Waals surface area contributed by atoms with Gasteiger partial charge in [-0.3, -0.25) is 9.78 Å². The van der Waals surface area contributed by atoms with Crippen LogP contribution < -0.4 is 10.1 Å². The molecule has 55 heavy (non-hydrogen) atoms. The molecular formula is C41H54N6O6S2. The number of aromatic nitrogens is 2. The number of ether oxygens (including phenoxy) is 1. The molecule has 0 radical (unpaired) electrons. The summed E-state index contributed by atoms with van der Waals surface area (Å²) >= 11 is 1.52. The minimum atomic E-state index is -4.02. The zero-order valence-corrected chi connectivity index (χ0v) is 34.2. The molecule has 2 aromatic heterocycles. The van der Waals surface area contributed by atoms with E-state index in [1.54, 1.807) is 28.1 Å². The lowest BCUT2D eigenvalue weighted by molar-refractivity contribution is -0.128. The number of carbonyl (C=O) groups is 2. The van der Waals surface area contributed by atoms with Crippen molar-refractivity contribution in [2.75, 3.05) is 33.3 Å². The van der Waals surface area contributed by atoms with Gasteiger partial charge in [-0.1, -0.05) is 71.4 Å². The SMILES string of the molecule is CCc1cc(-c2nc(CN3CCN([C@H](C(=O)N[C@@H](Cc4ccccc4)[C@@H](O)CN(CC(C)C)S(=O)(=O)c4ccc(OC)cc4)[C@@H](C)CC)C3=O)cs2)ccn1. The summed E-state index contributed by atoms with van der Waals surface area (Å²) in [6, 6.07) is 17.7. The number of benzene rings is 2. The highest BCUT2D eigenvalue weighted by Crippen LogP contribution is 2.28. The van der Waals surface area contributed by atoms with E-state index in [0.29, 0.717) is 31.8 Å². The first-order valence-corrected chi connectivity index (χ1v) is 21.3. The van der Waals surface area contributed by atoms with Gasteiger partial charge in [-0.25, -0.2) is 18.2 Å². The van der Waals surface area contributed by atoms with Gasteiger partial charge in [0.25, 0.3) is 0 Å². The zero-order valence-electron chi connectivity index (χ0n) is 32.6. The van der Waals surface area contributed by atoms with Crippen LogP contribution >= 0.6 is 11.3 Å². The molecule has 0 unspecified atom stereocenters. The first kappa shape index (κ1) is 41.8. The quantitative estimate of drug-likeness (QED) is 0.120. The van der Waals surface area contributed by atoms with E-state index in [2.05, 4.69) is 17.2 Å². The predicted molar refractivity (Wildman–Crippen MR) is 215 cm³/mol. The van der Waals surface area contributed by atoms with Crippen LogP contribution in [0.4, 0.5) is 4.79 Å². The Morgan fingerprint density at radius 3 is 2.40 bits per heavy atom. The third kappa shape index (κ3) is 10.5. The Balaban J connectivity index is 1.35. The number of urea groups is 1. The van der Waals surface area contributed by atoms with Gasteiger partial charge in [0, 0.05) is 49.0 Å². The summed E-state index contributed by atoms with van der Waals surface area (Å²) in [5, 5.41) is 17.8. The zero-order chi connectivity index (χ0) is 39.7. The highest BCUT2D eigenvalue weighted by atomic mass is 32.2. The lowest BCUT2D eigenvalue weighted by Crippen LogP contribution is -2.57. The van der Waals surface area contributed by atoms with E-state index >= 15 is 0 Å². The number of aliphatic hydroxyl groups is 1. The summed E-state index contributed by atoms with van der Waals surface area (Å²) in [7, 11) is -2.50. The van der Waals surface area contributed by atoms with Crippen molar-refractivity contribution in [1.82, 2.24) is 29.4 Å². The normalized spacial score (nSPS) is 15.7. The molecule has 3 heterocycles. The number of hydrogen-bond donors (Lipinski definition) is 2. The average Bonchev–Trinajstić information content (AvgIpc) is 3.80. The number of thiazole rings is 1. The second-order valence-electron chi connectivity index (χ2n) is 14.5. The van der Waals surface area contributed by atoms with Gasteiger partial charge >= 0.3 is 6.03 Å². The highest BCUT2D eigenvalue weighted by molar-refractivity contribution is 7.89. The summed E-state index contributed by atoms with van der Waals surface area (Å²) in [4.78, 5) is 41.0. The molecule has 1 aliphatic heterocycles. The van der Waals surface area contributed by atoms with Crippen LogP contribution in [-0.2, 0) is 34.2 Å². The third-order valence-electron chi connectivity index (χ3n) is 9.99. The van der Waals surface area contributed by atoms with Gasteiger partial charge < -0.3 is 25.0 Å². The fraction of sp³-hybridized carbons (Fsp3) is 0.463. The van der Waals surface area contributed by atoms with E-state index in [1.165, 1.54) is 34.9 Å². The van der Waals surface area contributed by atoms with Gasteiger partial charge in [0.1, 0.15) is 16.8 Å². The lowest BCUT2D eigenvalue weighted by Gasteiger charge is -2.35. The van der Waals surface area contributed by atoms with Crippen LogP contribution in [0, 0.1) is 11.8 Å². The maximum Gasteiger partial charge on any atom is 0.321 e. The largest absolute Gasteiger partial charge is 0.497 e. The molecule has 2 N–H and O–H groups in total. The van der Waals surface area contributed by atoms with Crippen molar-refractivity contribution in [2.45, 2.75) is 83.5 Å². The highest BCUT2D eigenvalue weighted by Gasteiger charge is 2.41. The fourth-order valence-corrected chi connectivity index (χ4v) is 9.21. The number of sulfonamides is 1. The number of nitrogens with one attached hydrogen (secondary N) is 1. The Bertz CT molecular complexity index is 1970. The number of nitrogens with zero attached hydrogens (tertiary/aromatic N) is 5. The Kier molecular flexibility index (Phi) is 14.4. The van der Waals surface area contributed by atoms with Gasteiger partial charge in [-0.15, -0.1) is 11.3 Å². The molecular weight excluding hydrogens is 737 g/mol. The molecule has 1 fully saturated rings. The number of amides is 3. The molecule has 4 aromatic rings. The molecule has 5 rings (SSSR count). The van der Waals surface area contributed by atoms with Crippen LogP contribution in [-0.4, -0.2) is 101 Å². The summed E-state index contributed by atoms with van der Waals surface area (Å²) < 4.78 is 34.4. The molecule has 0 spiro atoms. The molecule has 0 bridgehead atoms. The van der Waals surface area contributed by atoms with E-state index in [9.17, 15) is 23.1 Å². The van der Waals surface area contributed by atoms with Gasteiger partial charge in [0.2, 0.25) is 15.9 Å². The molecule has 4 atom stereocenters. The number of rotatable bonds is 19. The molecule has 14 heteroatoms. The molecule has 0 saturated carbocycles. The number of pyridine rings is 1. The molecule has 12 nitrogen and oxygen atoms in total. The van der Waals surface area contributed by atoms with Crippen LogP contribution in [0.5, 0.6) is 5.75 Å². The first-order valence-electron chi connectivity index (χ1n) is 19.0. The van der Waals surface area contributed by atoms with Crippen molar-refractivity contribution >= 4 is 33.3 Å². The molecule has 296 valence electrons. The van der Waals surface area contributed by atoms with Gasteiger partial charge in [0.05, 0.1) is 36.4 Å². The molecule has 2 aromatic carbocycles. The van der Waals surface area contributed by atoms with Gasteiger partial charge in [0.15, 0.2) is 0 Å². The van der Waals surface area contributed by atoms with E-state index < -0.39 is 34.1 Å². The predicted octanol–water partition coefficient (Wildman–Crippen LogP) is 5.86. The van der Waals surface area contributed by atoms with Crippen LogP contribution in [0.25, 0.3) is 10.6 Å². The summed E-state index contributed by atoms with van der Waals surface area (Å²) in [5.74, 6) is -0.101. The second-order valence-corrected chi connectivity index (χ2v) is 17.3. The molecule has 1 aliphatic rings. The van der Waals surface area contributed by atoms with E-state index in [4.69, 9.17) is 9.72 Å². The average molecular weight is 791 g/mol. The number of hydrogen-bond acceptors (Lipinski definition) is 9. The number of aliphatic hydroxyl groups excluding tert-OH is 1. The van der Waals surface area contributed by atoms with Crippen molar-refractivity contribution in [3.63, 3.8) is 0 Å². The van der Waals surface area contributed by atoms with Gasteiger partial charge in [-0.2, -0.15) is 4.31 Å². The topological polar surface area (TPSA) is 145 Å². The van der Waals surface area contributed by atoms with Crippen LogP contribution in [0.2, 0.25) is 0 Å². The van der Waals surface area contributed by atoms with E-state index in [1.807, 2.05) is 75.5 Å². The number of methoxy groups -OCH3 is 1. The molecule has 3 amide bonds. The maximum atomic E-state index is 14.4. The lowest BCUT2D eigenvalue weighted by atomic mass is 9.95. The van der Waals surface area contributed by atoms with Crippen molar-refractivity contribution in [1.29, 1.82) is 0 Å². The third-order valence-corrected chi connectivity index (χ3v) is 12.8. The van der Waals surface area contributed by atoms with E-state index in [0.717, 1.165) is 33.9 Å². The van der Waals surface area contributed by atoms with Gasteiger partial charge in [-0.05, 0) is 66.6 Å². The Morgan fingerprint density at radius 1 is 1.02 bits per heavy atom. The Hall–Kier alpha value is -4.37. The summed E-state index contributed by atoms with van der Waals surface area (Å²) in [6.45, 7) is 10.8. The molecule has 1 saturated heterocycles. The van der Waals surface area contributed by atoms with Crippen LogP contribution in [0.15, 0.2) is 83.2 Å². The van der Waals surface area contributed by atoms with Crippen molar-refractivity contribution in [3.8, 4) is 16.3 Å². The Labute approximate surface area is 329 Å². The monoisotopic (exact) mass is 790 g/mol. The Morgan fingerprint density at radius 2 is 1.75 bits per heavy atom. The fourth-order valence-electron chi connectivity index (χ4n) is 6.78. The number of carbonyl (C=O) groups excluding carboxylic acids is 2. The van der Waals surface area contributed by atoms with Crippen molar-refractivity contribution in [2.24, 2.45) is 11.8 Å².